The molecule has 2 rings (SSSR count). The number of rotatable bonds is 3. The fraction of sp³-hybridized carbons (Fsp3) is 0.500. The Kier molecular flexibility index (Phi) is 4.49. The van der Waals surface area contributed by atoms with E-state index in [1.165, 1.54) is 0 Å². The number of piperidine rings is 1. The first-order valence-electron chi connectivity index (χ1n) is 6.57. The van der Waals surface area contributed by atoms with Gasteiger partial charge in [0.2, 0.25) is 11.8 Å². The summed E-state index contributed by atoms with van der Waals surface area (Å²) in [6, 6.07) is 3.68. The van der Waals surface area contributed by atoms with Gasteiger partial charge in [0.05, 0.1) is 12.2 Å². The maximum Gasteiger partial charge on any atom is 0.246 e. The van der Waals surface area contributed by atoms with E-state index in [1.54, 1.807) is 12.2 Å². The molecule has 1 saturated heterocycles. The maximum atomic E-state index is 11.8. The molecule has 1 fully saturated rings. The van der Waals surface area contributed by atoms with Crippen molar-refractivity contribution in [2.75, 3.05) is 13.1 Å². The lowest BCUT2D eigenvalue weighted by Gasteiger charge is -2.31. The lowest BCUT2D eigenvalue weighted by molar-refractivity contribution is -0.128. The molecule has 19 heavy (non-hydrogen) atoms. The molecule has 102 valence electrons. The van der Waals surface area contributed by atoms with Crippen LogP contribution in [-0.2, 0) is 4.79 Å². The van der Waals surface area contributed by atoms with Crippen molar-refractivity contribution in [1.82, 2.24) is 15.1 Å². The molecule has 1 aliphatic rings. The third-order valence-electron chi connectivity index (χ3n) is 3.06. The molecule has 0 aromatic carbocycles. The lowest BCUT2D eigenvalue weighted by Crippen LogP contribution is -2.43. The number of aryl methyl sites for hydroxylation is 1. The minimum absolute atomic E-state index is 0.0000350. The number of nitrogens with zero attached hydrogens (tertiary/aromatic N) is 3. The van der Waals surface area contributed by atoms with Crippen LogP contribution in [0.5, 0.6) is 5.88 Å². The predicted molar refractivity (Wildman–Crippen MR) is 71.8 cm³/mol. The van der Waals surface area contributed by atoms with E-state index >= 15 is 0 Å². The molecule has 0 spiro atoms. The molecule has 5 nitrogen and oxygen atoms in total. The smallest absolute Gasteiger partial charge is 0.246 e. The van der Waals surface area contributed by atoms with Gasteiger partial charge in [-0.3, -0.25) is 4.79 Å². The number of aromatic nitrogens is 2. The van der Waals surface area contributed by atoms with Gasteiger partial charge in [-0.05, 0) is 38.8 Å². The van der Waals surface area contributed by atoms with Crippen LogP contribution in [0.4, 0.5) is 0 Å². The topological polar surface area (TPSA) is 55.3 Å². The lowest BCUT2D eigenvalue weighted by atomic mass is 10.1. The van der Waals surface area contributed by atoms with E-state index < -0.39 is 0 Å². The summed E-state index contributed by atoms with van der Waals surface area (Å²) in [5.41, 5.74) is 0.862. The highest BCUT2D eigenvalue weighted by Gasteiger charge is 2.23. The summed E-state index contributed by atoms with van der Waals surface area (Å²) in [4.78, 5) is 13.6. The number of amides is 1. The molecule has 1 amide bonds. The Bertz CT molecular complexity index is 456. The fourth-order valence-corrected chi connectivity index (χ4v) is 2.10. The van der Waals surface area contributed by atoms with Gasteiger partial charge in [-0.1, -0.05) is 6.08 Å². The Morgan fingerprint density at radius 1 is 1.47 bits per heavy atom. The first kappa shape index (κ1) is 13.5. The van der Waals surface area contributed by atoms with Gasteiger partial charge in [0.1, 0.15) is 6.10 Å². The molecule has 1 atom stereocenters. The third kappa shape index (κ3) is 3.77. The van der Waals surface area contributed by atoms with E-state index in [-0.39, 0.29) is 12.0 Å². The van der Waals surface area contributed by atoms with Crippen molar-refractivity contribution in [3.63, 3.8) is 0 Å². The van der Waals surface area contributed by atoms with Gasteiger partial charge < -0.3 is 9.64 Å². The molecule has 0 radical (unpaired) electrons. The molecule has 1 aliphatic heterocycles. The van der Waals surface area contributed by atoms with Crippen molar-refractivity contribution in [3.8, 4) is 5.88 Å². The fourth-order valence-electron chi connectivity index (χ4n) is 2.10. The second-order valence-corrected chi connectivity index (χ2v) is 4.68. The van der Waals surface area contributed by atoms with Crippen molar-refractivity contribution < 1.29 is 9.53 Å². The molecule has 1 aromatic heterocycles. The summed E-state index contributed by atoms with van der Waals surface area (Å²) in [5.74, 6) is 0.571. The summed E-state index contributed by atoms with van der Waals surface area (Å²) in [6.07, 6.45) is 5.24. The van der Waals surface area contributed by atoms with E-state index in [4.69, 9.17) is 4.74 Å². The number of allylic oxidation sites excluding steroid dienone is 1. The maximum absolute atomic E-state index is 11.8. The van der Waals surface area contributed by atoms with Crippen LogP contribution in [-0.4, -0.2) is 40.2 Å². The molecule has 1 unspecified atom stereocenters. The zero-order valence-corrected chi connectivity index (χ0v) is 11.4. The highest BCUT2D eigenvalue weighted by Crippen LogP contribution is 2.16. The van der Waals surface area contributed by atoms with Gasteiger partial charge in [0, 0.05) is 12.6 Å². The molecule has 2 heterocycles. The molecule has 0 aliphatic carbocycles. The Hall–Kier alpha value is -1.91. The summed E-state index contributed by atoms with van der Waals surface area (Å²) >= 11 is 0. The minimum atomic E-state index is -0.0000350. The Morgan fingerprint density at radius 2 is 2.32 bits per heavy atom. The molecule has 0 saturated carbocycles. The van der Waals surface area contributed by atoms with Crippen molar-refractivity contribution in [2.45, 2.75) is 32.8 Å². The average Bonchev–Trinajstić information content (AvgIpc) is 2.42. The van der Waals surface area contributed by atoms with Crippen LogP contribution in [0.25, 0.3) is 0 Å². The van der Waals surface area contributed by atoms with Crippen molar-refractivity contribution in [3.05, 3.63) is 30.0 Å². The van der Waals surface area contributed by atoms with E-state index in [0.29, 0.717) is 12.4 Å². The summed E-state index contributed by atoms with van der Waals surface area (Å²) < 4.78 is 5.78. The van der Waals surface area contributed by atoms with Crippen LogP contribution in [0, 0.1) is 6.92 Å². The Labute approximate surface area is 113 Å². The normalized spacial score (nSPS) is 19.7. The van der Waals surface area contributed by atoms with E-state index in [1.807, 2.05) is 30.9 Å². The predicted octanol–water partition coefficient (Wildman–Crippen LogP) is 1.73. The highest BCUT2D eigenvalue weighted by atomic mass is 16.5. The van der Waals surface area contributed by atoms with Crippen LogP contribution in [0.1, 0.15) is 25.5 Å². The second kappa shape index (κ2) is 6.31. The van der Waals surface area contributed by atoms with Crippen LogP contribution < -0.4 is 4.74 Å². The van der Waals surface area contributed by atoms with Crippen LogP contribution in [0.3, 0.4) is 0 Å². The third-order valence-corrected chi connectivity index (χ3v) is 3.06. The van der Waals surface area contributed by atoms with Crippen molar-refractivity contribution >= 4 is 5.91 Å². The SMILES string of the molecule is C/C=C/C(=O)N1CCCC(Oc2ccc(C)nn2)C1. The highest BCUT2D eigenvalue weighted by molar-refractivity contribution is 5.87. The number of carbonyl (C=O) groups is 1. The van der Waals surface area contributed by atoms with Gasteiger partial charge in [-0.2, -0.15) is 5.10 Å². The largest absolute Gasteiger partial charge is 0.471 e. The Balaban J connectivity index is 1.94. The van der Waals surface area contributed by atoms with Gasteiger partial charge in [-0.25, -0.2) is 0 Å². The summed E-state index contributed by atoms with van der Waals surface area (Å²) in [7, 11) is 0. The number of hydrogen-bond acceptors (Lipinski definition) is 4. The van der Waals surface area contributed by atoms with Crippen LogP contribution >= 0.6 is 0 Å². The molecule has 0 N–H and O–H groups in total. The zero-order chi connectivity index (χ0) is 13.7. The average molecular weight is 261 g/mol. The Morgan fingerprint density at radius 3 is 3.00 bits per heavy atom. The number of ether oxygens (including phenoxy) is 1. The van der Waals surface area contributed by atoms with E-state index in [9.17, 15) is 4.79 Å². The van der Waals surface area contributed by atoms with Crippen LogP contribution in [0.2, 0.25) is 0 Å². The van der Waals surface area contributed by atoms with Crippen molar-refractivity contribution in [2.24, 2.45) is 0 Å². The molecule has 0 bridgehead atoms. The zero-order valence-electron chi connectivity index (χ0n) is 11.4. The van der Waals surface area contributed by atoms with Gasteiger partial charge in [0.15, 0.2) is 0 Å². The van der Waals surface area contributed by atoms with Gasteiger partial charge in [0.25, 0.3) is 0 Å². The van der Waals surface area contributed by atoms with E-state index in [0.717, 1.165) is 25.1 Å². The standard InChI is InChI=1S/C14H19N3O2/c1-3-5-14(18)17-9-4-6-12(10-17)19-13-8-7-11(2)15-16-13/h3,5,7-8,12H,4,6,9-10H2,1-2H3/b5-3+. The van der Waals surface area contributed by atoms with Gasteiger partial charge in [-0.15, -0.1) is 5.10 Å². The second-order valence-electron chi connectivity index (χ2n) is 4.68. The first-order chi connectivity index (χ1) is 9.19. The first-order valence-corrected chi connectivity index (χ1v) is 6.57. The number of carbonyl (C=O) groups excluding carboxylic acids is 1. The minimum Gasteiger partial charge on any atom is -0.471 e. The summed E-state index contributed by atoms with van der Waals surface area (Å²) in [5, 5.41) is 7.95. The monoisotopic (exact) mass is 261 g/mol. The molecular formula is C14H19N3O2. The van der Waals surface area contributed by atoms with E-state index in [2.05, 4.69) is 10.2 Å². The number of hydrogen-bond donors (Lipinski definition) is 0. The quantitative estimate of drug-likeness (QED) is 0.778. The van der Waals surface area contributed by atoms with Crippen molar-refractivity contribution in [1.29, 1.82) is 0 Å². The molecule has 5 heteroatoms. The van der Waals surface area contributed by atoms with Crippen LogP contribution in [0.15, 0.2) is 24.3 Å². The molecular weight excluding hydrogens is 242 g/mol. The molecule has 1 aromatic rings. The summed E-state index contributed by atoms with van der Waals surface area (Å²) in [6.45, 7) is 5.13. The number of likely N-dealkylation sites (tertiary alicyclic amines) is 1. The van der Waals surface area contributed by atoms with Gasteiger partial charge >= 0.3 is 0 Å².